The lowest BCUT2D eigenvalue weighted by Gasteiger charge is -2.26. The Morgan fingerprint density at radius 1 is 1.32 bits per heavy atom. The van der Waals surface area contributed by atoms with Gasteiger partial charge in [0.1, 0.15) is 5.76 Å². The second kappa shape index (κ2) is 8.49. The summed E-state index contributed by atoms with van der Waals surface area (Å²) < 4.78 is 10.5. The summed E-state index contributed by atoms with van der Waals surface area (Å²) in [5.41, 5.74) is 0.597. The van der Waals surface area contributed by atoms with Crippen LogP contribution < -0.4 is 5.32 Å². The summed E-state index contributed by atoms with van der Waals surface area (Å²) in [5.74, 6) is 0.594. The van der Waals surface area contributed by atoms with E-state index >= 15 is 0 Å². The molecule has 2 fully saturated rings. The zero-order chi connectivity index (χ0) is 17.6. The summed E-state index contributed by atoms with van der Waals surface area (Å²) in [7, 11) is 0. The molecule has 0 unspecified atom stereocenters. The Kier molecular flexibility index (Phi) is 6.09. The van der Waals surface area contributed by atoms with Crippen molar-refractivity contribution in [3.63, 3.8) is 0 Å². The van der Waals surface area contributed by atoms with Gasteiger partial charge in [-0.25, -0.2) is 0 Å². The first-order valence-electron chi connectivity index (χ1n) is 9.07. The molecule has 1 aliphatic carbocycles. The van der Waals surface area contributed by atoms with Crippen LogP contribution in [0.15, 0.2) is 16.7 Å². The van der Waals surface area contributed by atoms with Gasteiger partial charge < -0.3 is 19.4 Å². The smallest absolute Gasteiger partial charge is 0.257 e. The Labute approximate surface area is 148 Å². The maximum absolute atomic E-state index is 12.7. The first kappa shape index (κ1) is 17.9. The molecule has 0 aromatic carbocycles. The van der Waals surface area contributed by atoms with Crippen molar-refractivity contribution >= 4 is 11.8 Å². The predicted molar refractivity (Wildman–Crippen MR) is 92.4 cm³/mol. The molecule has 2 heterocycles. The normalized spacial score (nSPS) is 18.1. The summed E-state index contributed by atoms with van der Waals surface area (Å²) in [6.45, 7) is 7.09. The van der Waals surface area contributed by atoms with Crippen LogP contribution in [0.1, 0.15) is 35.4 Å². The monoisotopic (exact) mass is 349 g/mol. The summed E-state index contributed by atoms with van der Waals surface area (Å²) in [6, 6.07) is 1.97. The number of carbonyl (C=O) groups is 2. The number of ether oxygens (including phenoxy) is 1. The molecule has 1 saturated carbocycles. The van der Waals surface area contributed by atoms with Gasteiger partial charge in [0.15, 0.2) is 0 Å². The summed E-state index contributed by atoms with van der Waals surface area (Å²) in [4.78, 5) is 28.9. The molecule has 1 aromatic heterocycles. The number of morpholine rings is 1. The molecule has 1 aromatic rings. The van der Waals surface area contributed by atoms with Crippen LogP contribution in [0.5, 0.6) is 0 Å². The molecular formula is C18H27N3O4. The molecule has 0 atom stereocenters. The summed E-state index contributed by atoms with van der Waals surface area (Å²) >= 11 is 0. The lowest BCUT2D eigenvalue weighted by Crippen LogP contribution is -2.42. The minimum Gasteiger partial charge on any atom is -0.469 e. The maximum Gasteiger partial charge on any atom is 0.257 e. The van der Waals surface area contributed by atoms with Gasteiger partial charge >= 0.3 is 0 Å². The van der Waals surface area contributed by atoms with Gasteiger partial charge in [0, 0.05) is 45.2 Å². The lowest BCUT2D eigenvalue weighted by atomic mass is 10.2. The summed E-state index contributed by atoms with van der Waals surface area (Å²) in [5, 5.41) is 2.95. The number of aryl methyl sites for hydroxylation is 1. The highest BCUT2D eigenvalue weighted by atomic mass is 16.5. The van der Waals surface area contributed by atoms with E-state index in [1.54, 1.807) is 13.0 Å². The number of carbonyl (C=O) groups excluding carboxylic acids is 2. The third-order valence-corrected chi connectivity index (χ3v) is 4.77. The van der Waals surface area contributed by atoms with Crippen LogP contribution >= 0.6 is 0 Å². The molecule has 138 valence electrons. The van der Waals surface area contributed by atoms with E-state index in [4.69, 9.17) is 9.15 Å². The van der Waals surface area contributed by atoms with Crippen molar-refractivity contribution in [2.45, 2.75) is 32.2 Å². The highest BCUT2D eigenvalue weighted by Gasteiger charge is 2.34. The molecule has 1 aliphatic heterocycles. The van der Waals surface area contributed by atoms with E-state index in [1.807, 2.05) is 4.90 Å². The quantitative estimate of drug-likeness (QED) is 0.759. The zero-order valence-corrected chi connectivity index (χ0v) is 14.8. The molecule has 1 N–H and O–H groups in total. The number of nitrogens with zero attached hydrogens (tertiary/aromatic N) is 2. The van der Waals surface area contributed by atoms with Crippen LogP contribution in [0.2, 0.25) is 0 Å². The van der Waals surface area contributed by atoms with Crippen LogP contribution in [0, 0.1) is 6.92 Å². The van der Waals surface area contributed by atoms with Gasteiger partial charge in [0.25, 0.3) is 5.91 Å². The number of amides is 2. The molecule has 0 radical (unpaired) electrons. The van der Waals surface area contributed by atoms with E-state index in [-0.39, 0.29) is 17.9 Å². The maximum atomic E-state index is 12.7. The lowest BCUT2D eigenvalue weighted by molar-refractivity contribution is -0.121. The van der Waals surface area contributed by atoms with E-state index in [0.717, 1.165) is 45.7 Å². The van der Waals surface area contributed by atoms with Crippen molar-refractivity contribution in [1.29, 1.82) is 0 Å². The van der Waals surface area contributed by atoms with Crippen LogP contribution in [0.4, 0.5) is 0 Å². The highest BCUT2D eigenvalue weighted by Crippen LogP contribution is 2.29. The van der Waals surface area contributed by atoms with Crippen molar-refractivity contribution < 1.29 is 18.7 Å². The van der Waals surface area contributed by atoms with Crippen LogP contribution in [-0.2, 0) is 9.53 Å². The molecule has 0 bridgehead atoms. The van der Waals surface area contributed by atoms with E-state index < -0.39 is 0 Å². The fraction of sp³-hybridized carbons (Fsp3) is 0.667. The number of rotatable bonds is 8. The summed E-state index contributed by atoms with van der Waals surface area (Å²) in [6.07, 6.45) is 3.90. The predicted octanol–water partition coefficient (Wildman–Crippen LogP) is 1.03. The number of furan rings is 1. The average Bonchev–Trinajstić information content (AvgIpc) is 3.36. The van der Waals surface area contributed by atoms with Gasteiger partial charge in [0.2, 0.25) is 5.91 Å². The average molecular weight is 349 g/mol. The number of hydrogen-bond donors (Lipinski definition) is 1. The molecule has 25 heavy (non-hydrogen) atoms. The molecule has 7 nitrogen and oxygen atoms in total. The Morgan fingerprint density at radius 2 is 2.08 bits per heavy atom. The first-order chi connectivity index (χ1) is 12.1. The molecular weight excluding hydrogens is 322 g/mol. The van der Waals surface area contributed by atoms with E-state index in [2.05, 4.69) is 10.2 Å². The van der Waals surface area contributed by atoms with Gasteiger partial charge in [-0.05, 0) is 25.8 Å². The highest BCUT2D eigenvalue weighted by molar-refractivity contribution is 5.95. The van der Waals surface area contributed by atoms with Crippen LogP contribution in [0.3, 0.4) is 0 Å². The Morgan fingerprint density at radius 3 is 2.72 bits per heavy atom. The van der Waals surface area contributed by atoms with E-state index in [1.165, 1.54) is 6.26 Å². The second-order valence-corrected chi connectivity index (χ2v) is 6.67. The largest absolute Gasteiger partial charge is 0.469 e. The molecule has 0 spiro atoms. The van der Waals surface area contributed by atoms with Gasteiger partial charge in [0.05, 0.1) is 25.0 Å². The third-order valence-electron chi connectivity index (χ3n) is 4.77. The molecule has 2 aliphatic rings. The van der Waals surface area contributed by atoms with Crippen molar-refractivity contribution in [3.05, 3.63) is 23.7 Å². The second-order valence-electron chi connectivity index (χ2n) is 6.67. The van der Waals surface area contributed by atoms with Crippen molar-refractivity contribution in [2.24, 2.45) is 0 Å². The van der Waals surface area contributed by atoms with Gasteiger partial charge in [-0.15, -0.1) is 0 Å². The molecule has 2 amide bonds. The fourth-order valence-electron chi connectivity index (χ4n) is 3.09. The topological polar surface area (TPSA) is 75.0 Å². The zero-order valence-electron chi connectivity index (χ0n) is 14.8. The molecule has 3 rings (SSSR count). The minimum absolute atomic E-state index is 0.00405. The van der Waals surface area contributed by atoms with Gasteiger partial charge in [-0.1, -0.05) is 0 Å². The first-order valence-corrected chi connectivity index (χ1v) is 9.07. The Hall–Kier alpha value is -1.86. The molecule has 1 saturated heterocycles. The van der Waals surface area contributed by atoms with Crippen molar-refractivity contribution in [1.82, 2.24) is 15.1 Å². The van der Waals surface area contributed by atoms with Crippen LogP contribution in [-0.4, -0.2) is 73.6 Å². The third kappa shape index (κ3) is 5.06. The van der Waals surface area contributed by atoms with Gasteiger partial charge in [-0.2, -0.15) is 0 Å². The van der Waals surface area contributed by atoms with E-state index in [9.17, 15) is 9.59 Å². The van der Waals surface area contributed by atoms with Gasteiger partial charge in [-0.3, -0.25) is 14.5 Å². The number of hydrogen-bond acceptors (Lipinski definition) is 5. The Bertz CT molecular complexity index is 591. The van der Waals surface area contributed by atoms with Crippen molar-refractivity contribution in [2.75, 3.05) is 45.9 Å². The standard InChI is InChI=1S/C18H27N3O4/c1-14-16(5-11-25-14)18(23)21(15-2-3-15)7-4-17(22)19-6-8-20-9-12-24-13-10-20/h5,11,15H,2-4,6-10,12-13H2,1H3,(H,19,22). The number of nitrogens with one attached hydrogen (secondary N) is 1. The fourth-order valence-corrected chi connectivity index (χ4v) is 3.09. The SMILES string of the molecule is Cc1occc1C(=O)N(CCC(=O)NCCN1CCOCC1)C1CC1. The minimum atomic E-state index is -0.0325. The Balaban J connectivity index is 1.41. The van der Waals surface area contributed by atoms with E-state index in [0.29, 0.717) is 30.8 Å². The van der Waals surface area contributed by atoms with Crippen molar-refractivity contribution in [3.8, 4) is 0 Å². The molecule has 7 heteroatoms. The van der Waals surface area contributed by atoms with Crippen LogP contribution in [0.25, 0.3) is 0 Å².